The van der Waals surface area contributed by atoms with Crippen molar-refractivity contribution >= 4 is 15.9 Å². The largest absolute Gasteiger partial charge is 0.508 e. The lowest BCUT2D eigenvalue weighted by Crippen LogP contribution is -1.92. The van der Waals surface area contributed by atoms with Gasteiger partial charge < -0.3 is 5.11 Å². The first-order valence-corrected chi connectivity index (χ1v) is 5.86. The molecule has 0 saturated carbocycles. The van der Waals surface area contributed by atoms with E-state index in [4.69, 9.17) is 0 Å². The Hall–Kier alpha value is -0.500. The molecule has 0 bridgehead atoms. The summed E-state index contributed by atoms with van der Waals surface area (Å²) in [5.41, 5.74) is 2.20. The molecule has 2 heteroatoms. The zero-order valence-electron chi connectivity index (χ0n) is 8.97. The Kier molecular flexibility index (Phi) is 3.99. The summed E-state index contributed by atoms with van der Waals surface area (Å²) in [6, 6.07) is 3.91. The molecule has 1 aromatic rings. The number of hydrogen-bond acceptors (Lipinski definition) is 1. The number of benzene rings is 1. The molecular formula is C12H17BrO. The Labute approximate surface area is 94.3 Å². The van der Waals surface area contributed by atoms with Crippen LogP contribution in [0.5, 0.6) is 5.75 Å². The van der Waals surface area contributed by atoms with Crippen LogP contribution in [0.2, 0.25) is 0 Å². The molecule has 1 nitrogen and oxygen atoms in total. The van der Waals surface area contributed by atoms with Crippen LogP contribution in [0.3, 0.4) is 0 Å². The highest BCUT2D eigenvalue weighted by Crippen LogP contribution is 2.31. The average Bonchev–Trinajstić information content (AvgIpc) is 2.10. The first kappa shape index (κ1) is 11.6. The van der Waals surface area contributed by atoms with E-state index < -0.39 is 0 Å². The highest BCUT2D eigenvalue weighted by molar-refractivity contribution is 9.10. The van der Waals surface area contributed by atoms with E-state index in [-0.39, 0.29) is 0 Å². The van der Waals surface area contributed by atoms with Gasteiger partial charge in [-0.3, -0.25) is 0 Å². The lowest BCUT2D eigenvalue weighted by Gasteiger charge is -2.11. The number of phenolic OH excluding ortho intramolecular Hbond substituents is 1. The van der Waals surface area contributed by atoms with Crippen LogP contribution in [-0.2, 0) is 6.42 Å². The van der Waals surface area contributed by atoms with E-state index in [0.717, 1.165) is 22.9 Å². The summed E-state index contributed by atoms with van der Waals surface area (Å²) < 4.78 is 1.11. The first-order chi connectivity index (χ1) is 6.56. The molecular weight excluding hydrogens is 240 g/mol. The van der Waals surface area contributed by atoms with E-state index >= 15 is 0 Å². The molecule has 0 fully saturated rings. The van der Waals surface area contributed by atoms with E-state index in [9.17, 15) is 5.11 Å². The first-order valence-electron chi connectivity index (χ1n) is 5.07. The molecule has 0 aliphatic rings. The second kappa shape index (κ2) is 4.83. The van der Waals surface area contributed by atoms with Gasteiger partial charge in [0.25, 0.3) is 0 Å². The standard InChI is InChI=1S/C12H17BrO/c1-4-5-9-6-12(14)10(8(2)3)7-11(9)13/h6-8,14H,4-5H2,1-3H3. The van der Waals surface area contributed by atoms with E-state index in [1.54, 1.807) is 0 Å². The van der Waals surface area contributed by atoms with Crippen LogP contribution in [0.1, 0.15) is 44.2 Å². The summed E-state index contributed by atoms with van der Waals surface area (Å²) in [4.78, 5) is 0. The smallest absolute Gasteiger partial charge is 0.119 e. The molecule has 0 aliphatic heterocycles. The minimum atomic E-state index is 0.363. The van der Waals surface area contributed by atoms with Gasteiger partial charge in [0.2, 0.25) is 0 Å². The molecule has 0 heterocycles. The Bertz CT molecular complexity index is 318. The van der Waals surface area contributed by atoms with Gasteiger partial charge in [-0.15, -0.1) is 0 Å². The average molecular weight is 257 g/mol. The molecule has 0 radical (unpaired) electrons. The zero-order valence-corrected chi connectivity index (χ0v) is 10.6. The maximum atomic E-state index is 9.79. The number of aromatic hydroxyl groups is 1. The van der Waals surface area contributed by atoms with Crippen molar-refractivity contribution in [2.24, 2.45) is 0 Å². The van der Waals surface area contributed by atoms with Gasteiger partial charge in [0, 0.05) is 4.47 Å². The van der Waals surface area contributed by atoms with Gasteiger partial charge in [0.05, 0.1) is 0 Å². The van der Waals surface area contributed by atoms with Gasteiger partial charge in [0.1, 0.15) is 5.75 Å². The molecule has 78 valence electrons. The van der Waals surface area contributed by atoms with Crippen molar-refractivity contribution in [3.8, 4) is 5.75 Å². The number of halogens is 1. The number of rotatable bonds is 3. The maximum absolute atomic E-state index is 9.79. The van der Waals surface area contributed by atoms with E-state index in [0.29, 0.717) is 11.7 Å². The fraction of sp³-hybridized carbons (Fsp3) is 0.500. The van der Waals surface area contributed by atoms with E-state index in [2.05, 4.69) is 36.7 Å². The van der Waals surface area contributed by atoms with Crippen LogP contribution >= 0.6 is 15.9 Å². The SMILES string of the molecule is CCCc1cc(O)c(C(C)C)cc1Br. The van der Waals surface area contributed by atoms with Crippen LogP contribution in [0.4, 0.5) is 0 Å². The molecule has 1 N–H and O–H groups in total. The third-order valence-corrected chi connectivity index (χ3v) is 3.08. The maximum Gasteiger partial charge on any atom is 0.119 e. The van der Waals surface area contributed by atoms with Crippen LogP contribution < -0.4 is 0 Å². The van der Waals surface area contributed by atoms with Gasteiger partial charge in [0.15, 0.2) is 0 Å². The van der Waals surface area contributed by atoms with E-state index in [1.165, 1.54) is 5.56 Å². The molecule has 0 unspecified atom stereocenters. The van der Waals surface area contributed by atoms with Crippen LogP contribution in [-0.4, -0.2) is 5.11 Å². The molecule has 0 aromatic heterocycles. The molecule has 0 saturated heterocycles. The van der Waals surface area contributed by atoms with Gasteiger partial charge >= 0.3 is 0 Å². The second-order valence-electron chi connectivity index (χ2n) is 3.91. The van der Waals surface area contributed by atoms with Crippen molar-refractivity contribution < 1.29 is 5.11 Å². The Morgan fingerprint density at radius 1 is 1.36 bits per heavy atom. The van der Waals surface area contributed by atoms with Crippen molar-refractivity contribution in [2.45, 2.75) is 39.5 Å². The lowest BCUT2D eigenvalue weighted by molar-refractivity contribution is 0.464. The minimum absolute atomic E-state index is 0.363. The molecule has 0 aliphatic carbocycles. The van der Waals surface area contributed by atoms with Gasteiger partial charge in [-0.2, -0.15) is 0 Å². The molecule has 14 heavy (non-hydrogen) atoms. The van der Waals surface area contributed by atoms with Crippen LogP contribution in [0.25, 0.3) is 0 Å². The van der Waals surface area contributed by atoms with Crippen molar-refractivity contribution in [3.63, 3.8) is 0 Å². The summed E-state index contributed by atoms with van der Waals surface area (Å²) >= 11 is 3.54. The van der Waals surface area contributed by atoms with Crippen LogP contribution in [0, 0.1) is 0 Å². The summed E-state index contributed by atoms with van der Waals surface area (Å²) in [7, 11) is 0. The molecule has 0 amide bonds. The van der Waals surface area contributed by atoms with Crippen molar-refractivity contribution in [1.29, 1.82) is 0 Å². The van der Waals surface area contributed by atoms with Gasteiger partial charge in [-0.25, -0.2) is 0 Å². The summed E-state index contributed by atoms with van der Waals surface area (Å²) in [6.45, 7) is 6.31. The highest BCUT2D eigenvalue weighted by Gasteiger charge is 2.09. The topological polar surface area (TPSA) is 20.2 Å². The predicted octanol–water partition coefficient (Wildman–Crippen LogP) is 4.23. The van der Waals surface area contributed by atoms with Crippen molar-refractivity contribution in [2.75, 3.05) is 0 Å². The van der Waals surface area contributed by atoms with Crippen molar-refractivity contribution in [3.05, 3.63) is 27.7 Å². The molecule has 0 spiro atoms. The quantitative estimate of drug-likeness (QED) is 0.859. The molecule has 0 atom stereocenters. The van der Waals surface area contributed by atoms with Gasteiger partial charge in [-0.1, -0.05) is 43.1 Å². The van der Waals surface area contributed by atoms with E-state index in [1.807, 2.05) is 12.1 Å². The zero-order chi connectivity index (χ0) is 10.7. The molecule has 1 aromatic carbocycles. The second-order valence-corrected chi connectivity index (χ2v) is 4.76. The summed E-state index contributed by atoms with van der Waals surface area (Å²) in [5.74, 6) is 0.786. The third kappa shape index (κ3) is 2.50. The highest BCUT2D eigenvalue weighted by atomic mass is 79.9. The Morgan fingerprint density at radius 2 is 2.00 bits per heavy atom. The summed E-state index contributed by atoms with van der Waals surface area (Å²) in [6.07, 6.45) is 2.10. The normalized spacial score (nSPS) is 10.9. The monoisotopic (exact) mass is 256 g/mol. The fourth-order valence-corrected chi connectivity index (χ4v) is 2.10. The predicted molar refractivity (Wildman–Crippen MR) is 63.9 cm³/mol. The molecule has 1 rings (SSSR count). The summed E-state index contributed by atoms with van der Waals surface area (Å²) in [5, 5.41) is 9.79. The number of phenols is 1. The minimum Gasteiger partial charge on any atom is -0.508 e. The third-order valence-electron chi connectivity index (χ3n) is 2.34. The lowest BCUT2D eigenvalue weighted by atomic mass is 9.99. The Morgan fingerprint density at radius 3 is 2.50 bits per heavy atom. The van der Waals surface area contributed by atoms with Gasteiger partial charge in [-0.05, 0) is 35.6 Å². The van der Waals surface area contributed by atoms with Crippen LogP contribution in [0.15, 0.2) is 16.6 Å². The number of hydrogen-bond donors (Lipinski definition) is 1. The fourth-order valence-electron chi connectivity index (χ4n) is 1.54. The van der Waals surface area contributed by atoms with Crippen molar-refractivity contribution in [1.82, 2.24) is 0 Å². The number of aryl methyl sites for hydroxylation is 1. The Balaban J connectivity index is 3.10.